The molecule has 1 aromatic heterocycles. The highest BCUT2D eigenvalue weighted by Gasteiger charge is 2.25. The van der Waals surface area contributed by atoms with E-state index in [9.17, 15) is 4.79 Å². The third kappa shape index (κ3) is 3.23. The van der Waals surface area contributed by atoms with Gasteiger partial charge in [-0.3, -0.25) is 0 Å². The van der Waals surface area contributed by atoms with Crippen LogP contribution >= 0.6 is 0 Å². The molecule has 23 heavy (non-hydrogen) atoms. The van der Waals surface area contributed by atoms with Crippen LogP contribution in [0.2, 0.25) is 0 Å². The zero-order valence-corrected chi connectivity index (χ0v) is 14.3. The van der Waals surface area contributed by atoms with Gasteiger partial charge in [0.15, 0.2) is 0 Å². The van der Waals surface area contributed by atoms with Crippen molar-refractivity contribution < 1.29 is 4.79 Å². The Balaban J connectivity index is 1.83. The molecule has 0 aliphatic heterocycles. The second kappa shape index (κ2) is 6.07. The maximum absolute atomic E-state index is 12.1. The quantitative estimate of drug-likeness (QED) is 0.943. The topological polar surface area (TPSA) is 50.2 Å². The van der Waals surface area contributed by atoms with Crippen molar-refractivity contribution in [3.8, 4) is 5.69 Å². The number of aromatic nitrogens is 2. The summed E-state index contributed by atoms with van der Waals surface area (Å²) in [7, 11) is 1.84. The van der Waals surface area contributed by atoms with Gasteiger partial charge in [0.1, 0.15) is 0 Å². The number of amides is 2. The number of carbonyl (C=O) groups is 1. The Morgan fingerprint density at radius 3 is 2.65 bits per heavy atom. The first-order valence-corrected chi connectivity index (χ1v) is 8.10. The molecule has 1 aliphatic carbocycles. The molecule has 0 bridgehead atoms. The predicted octanol–water partition coefficient (Wildman–Crippen LogP) is 3.10. The second-order valence-electron chi connectivity index (χ2n) is 6.43. The highest BCUT2D eigenvalue weighted by Crippen LogP contribution is 2.22. The van der Waals surface area contributed by atoms with Gasteiger partial charge in [-0.15, -0.1) is 0 Å². The summed E-state index contributed by atoms with van der Waals surface area (Å²) in [5, 5.41) is 7.71. The minimum absolute atomic E-state index is 0.00468. The molecule has 3 rings (SSSR count). The van der Waals surface area contributed by atoms with Gasteiger partial charge in [0.05, 0.1) is 17.9 Å². The molecule has 0 radical (unpaired) electrons. The van der Waals surface area contributed by atoms with E-state index in [2.05, 4.69) is 36.4 Å². The van der Waals surface area contributed by atoms with Crippen molar-refractivity contribution in [2.45, 2.75) is 46.2 Å². The van der Waals surface area contributed by atoms with Gasteiger partial charge in [0.2, 0.25) is 0 Å². The van der Waals surface area contributed by atoms with Gasteiger partial charge in [0, 0.05) is 24.3 Å². The van der Waals surface area contributed by atoms with Gasteiger partial charge in [-0.25, -0.2) is 9.48 Å². The van der Waals surface area contributed by atoms with Gasteiger partial charge in [-0.2, -0.15) is 5.10 Å². The minimum Gasteiger partial charge on any atom is -0.335 e. The number of nitrogens with one attached hydrogen (secondary N) is 1. The molecule has 0 spiro atoms. The Morgan fingerprint density at radius 2 is 2.00 bits per heavy atom. The van der Waals surface area contributed by atoms with Crippen molar-refractivity contribution in [2.75, 3.05) is 7.05 Å². The Hall–Kier alpha value is -2.30. The number of para-hydroxylation sites is 1. The molecule has 0 saturated heterocycles. The van der Waals surface area contributed by atoms with Crippen LogP contribution < -0.4 is 5.32 Å². The van der Waals surface area contributed by atoms with E-state index in [0.29, 0.717) is 12.6 Å². The Morgan fingerprint density at radius 1 is 1.30 bits per heavy atom. The van der Waals surface area contributed by atoms with Crippen LogP contribution in [-0.2, 0) is 6.54 Å². The van der Waals surface area contributed by atoms with Crippen LogP contribution in [0.1, 0.15) is 35.4 Å². The van der Waals surface area contributed by atoms with Crippen molar-refractivity contribution in [3.63, 3.8) is 0 Å². The molecule has 1 N–H and O–H groups in total. The van der Waals surface area contributed by atoms with Crippen LogP contribution in [0.3, 0.4) is 0 Å². The first-order valence-electron chi connectivity index (χ1n) is 8.10. The van der Waals surface area contributed by atoms with Crippen molar-refractivity contribution in [3.05, 3.63) is 46.8 Å². The predicted molar refractivity (Wildman–Crippen MR) is 90.8 cm³/mol. The molecule has 1 aromatic carbocycles. The molecular formula is C18H24N4O. The Bertz CT molecular complexity index is 731. The maximum atomic E-state index is 12.1. The van der Waals surface area contributed by atoms with E-state index in [1.165, 1.54) is 5.56 Å². The van der Waals surface area contributed by atoms with E-state index in [4.69, 9.17) is 0 Å². The molecule has 122 valence electrons. The summed E-state index contributed by atoms with van der Waals surface area (Å²) >= 11 is 0. The van der Waals surface area contributed by atoms with E-state index in [1.54, 1.807) is 4.90 Å². The zero-order chi connectivity index (χ0) is 16.6. The number of urea groups is 1. The summed E-state index contributed by atoms with van der Waals surface area (Å²) in [5.74, 6) is 0. The maximum Gasteiger partial charge on any atom is 0.317 e. The van der Waals surface area contributed by atoms with E-state index in [0.717, 1.165) is 35.5 Å². The third-order valence-electron chi connectivity index (χ3n) is 4.43. The summed E-state index contributed by atoms with van der Waals surface area (Å²) in [4.78, 5) is 13.9. The van der Waals surface area contributed by atoms with E-state index in [-0.39, 0.29) is 6.03 Å². The van der Waals surface area contributed by atoms with Gasteiger partial charge in [0.25, 0.3) is 0 Å². The third-order valence-corrected chi connectivity index (χ3v) is 4.43. The van der Waals surface area contributed by atoms with E-state index < -0.39 is 0 Å². The standard InChI is InChI=1S/C18H24N4O/c1-12-7-5-6-8-17(12)22-14(3)16(13(2)20-22)11-21(4)18(23)19-15-9-10-15/h5-8,15H,9-11H2,1-4H3,(H,19,23). The van der Waals surface area contributed by atoms with E-state index in [1.807, 2.05) is 30.8 Å². The normalized spacial score (nSPS) is 13.9. The average molecular weight is 312 g/mol. The lowest BCUT2D eigenvalue weighted by Gasteiger charge is -2.18. The molecule has 1 aliphatic rings. The number of carbonyl (C=O) groups excluding carboxylic acids is 1. The minimum atomic E-state index is -0.00468. The van der Waals surface area contributed by atoms with Crippen LogP contribution in [0.4, 0.5) is 4.79 Å². The van der Waals surface area contributed by atoms with Crippen LogP contribution in [0.25, 0.3) is 5.69 Å². The number of aryl methyl sites for hydroxylation is 2. The summed E-state index contributed by atoms with van der Waals surface area (Å²) < 4.78 is 1.98. The second-order valence-corrected chi connectivity index (χ2v) is 6.43. The number of hydrogen-bond donors (Lipinski definition) is 1. The van der Waals surface area contributed by atoms with Crippen LogP contribution in [-0.4, -0.2) is 33.8 Å². The van der Waals surface area contributed by atoms with Crippen LogP contribution in [0.15, 0.2) is 24.3 Å². The molecule has 0 atom stereocenters. The molecule has 2 amide bonds. The number of rotatable bonds is 4. The lowest BCUT2D eigenvalue weighted by atomic mass is 10.1. The van der Waals surface area contributed by atoms with Crippen molar-refractivity contribution >= 4 is 6.03 Å². The molecule has 5 heteroatoms. The van der Waals surface area contributed by atoms with Crippen LogP contribution in [0, 0.1) is 20.8 Å². The van der Waals surface area contributed by atoms with Crippen molar-refractivity contribution in [1.82, 2.24) is 20.0 Å². The molecular weight excluding hydrogens is 288 g/mol. The molecule has 1 fully saturated rings. The number of benzene rings is 1. The largest absolute Gasteiger partial charge is 0.335 e. The summed E-state index contributed by atoms with van der Waals surface area (Å²) in [5.41, 5.74) is 5.44. The van der Waals surface area contributed by atoms with Crippen molar-refractivity contribution in [2.24, 2.45) is 0 Å². The van der Waals surface area contributed by atoms with Gasteiger partial charge < -0.3 is 10.2 Å². The SMILES string of the molecule is Cc1ccccc1-n1nc(C)c(CN(C)C(=O)NC2CC2)c1C. The number of hydrogen-bond acceptors (Lipinski definition) is 2. The number of nitrogens with zero attached hydrogens (tertiary/aromatic N) is 3. The Kier molecular flexibility index (Phi) is 4.11. The fourth-order valence-corrected chi connectivity index (χ4v) is 2.76. The van der Waals surface area contributed by atoms with Crippen LogP contribution in [0.5, 0.6) is 0 Å². The zero-order valence-electron chi connectivity index (χ0n) is 14.3. The molecule has 1 saturated carbocycles. The summed E-state index contributed by atoms with van der Waals surface area (Å²) in [6.45, 7) is 6.72. The fraction of sp³-hybridized carbons (Fsp3) is 0.444. The van der Waals surface area contributed by atoms with Gasteiger partial charge in [-0.05, 0) is 45.2 Å². The van der Waals surface area contributed by atoms with Gasteiger partial charge in [-0.1, -0.05) is 18.2 Å². The highest BCUT2D eigenvalue weighted by atomic mass is 16.2. The molecule has 2 aromatic rings. The first-order chi connectivity index (χ1) is 11.0. The average Bonchev–Trinajstić information content (AvgIpc) is 3.29. The highest BCUT2D eigenvalue weighted by molar-refractivity contribution is 5.74. The first kappa shape index (κ1) is 15.6. The smallest absolute Gasteiger partial charge is 0.317 e. The fourth-order valence-electron chi connectivity index (χ4n) is 2.76. The van der Waals surface area contributed by atoms with Gasteiger partial charge >= 0.3 is 6.03 Å². The lowest BCUT2D eigenvalue weighted by molar-refractivity contribution is 0.206. The summed E-state index contributed by atoms with van der Waals surface area (Å²) in [6, 6.07) is 8.58. The molecule has 0 unspecified atom stereocenters. The summed E-state index contributed by atoms with van der Waals surface area (Å²) in [6.07, 6.45) is 2.20. The lowest BCUT2D eigenvalue weighted by Crippen LogP contribution is -2.38. The molecule has 5 nitrogen and oxygen atoms in total. The van der Waals surface area contributed by atoms with E-state index >= 15 is 0 Å². The molecule has 1 heterocycles. The van der Waals surface area contributed by atoms with Crippen molar-refractivity contribution in [1.29, 1.82) is 0 Å². The Labute approximate surface area is 137 Å². The monoisotopic (exact) mass is 312 g/mol.